The Balaban J connectivity index is 1.66. The van der Waals surface area contributed by atoms with Gasteiger partial charge in [-0.05, 0) is 68.7 Å². The predicted octanol–water partition coefficient (Wildman–Crippen LogP) is 4.59. The number of rotatable bonds is 5. The van der Waals surface area contributed by atoms with E-state index in [-0.39, 0.29) is 11.6 Å². The molecule has 164 valence electrons. The topological polar surface area (TPSA) is 102 Å². The first kappa shape index (κ1) is 20.3. The van der Waals surface area contributed by atoms with Crippen LogP contribution >= 0.6 is 0 Å². The van der Waals surface area contributed by atoms with Crippen LogP contribution in [-0.4, -0.2) is 45.0 Å². The summed E-state index contributed by atoms with van der Waals surface area (Å²) in [4.78, 5) is 16.2. The number of aromatic carboxylic acids is 1. The van der Waals surface area contributed by atoms with E-state index in [9.17, 15) is 9.90 Å². The van der Waals surface area contributed by atoms with Crippen LogP contribution in [-0.2, 0) is 4.74 Å². The molecule has 1 saturated heterocycles. The van der Waals surface area contributed by atoms with Gasteiger partial charge in [0.2, 0.25) is 5.95 Å². The first-order valence-corrected chi connectivity index (χ1v) is 10.6. The van der Waals surface area contributed by atoms with E-state index in [1.807, 2.05) is 42.7 Å². The quantitative estimate of drug-likeness (QED) is 0.476. The number of aromatic nitrogens is 3. The maximum atomic E-state index is 11.3. The lowest BCUT2D eigenvalue weighted by Gasteiger charge is -2.24. The van der Waals surface area contributed by atoms with E-state index >= 15 is 0 Å². The molecule has 0 atom stereocenters. The molecule has 1 aliphatic heterocycles. The molecule has 5 rings (SSSR count). The third-order valence-electron chi connectivity index (χ3n) is 5.90. The standard InChI is InChI=1S/C24H24N4O4/c1-14-22(15(2)32-27-14)17-5-8-20-21(13-17)28(19-6-3-16(4-7-19)23(29)30)24(26-20)25-18-9-11-31-12-10-18/h3-8,13,18H,9-12H2,1-2H3,(H,25,26)(H,29,30). The van der Waals surface area contributed by atoms with E-state index in [4.69, 9.17) is 14.2 Å². The fraction of sp³-hybridized carbons (Fsp3) is 0.292. The van der Waals surface area contributed by atoms with Crippen molar-refractivity contribution in [3.8, 4) is 16.8 Å². The van der Waals surface area contributed by atoms with Gasteiger partial charge in [0.15, 0.2) is 0 Å². The second kappa shape index (κ2) is 8.12. The second-order valence-corrected chi connectivity index (χ2v) is 8.06. The van der Waals surface area contributed by atoms with Crippen LogP contribution < -0.4 is 5.32 Å². The molecule has 1 fully saturated rings. The van der Waals surface area contributed by atoms with Gasteiger partial charge in [-0.1, -0.05) is 11.2 Å². The van der Waals surface area contributed by atoms with Crippen molar-refractivity contribution in [3.63, 3.8) is 0 Å². The minimum absolute atomic E-state index is 0.244. The molecule has 1 aliphatic rings. The lowest BCUT2D eigenvalue weighted by Crippen LogP contribution is -2.29. The summed E-state index contributed by atoms with van der Waals surface area (Å²) in [7, 11) is 0. The van der Waals surface area contributed by atoms with Gasteiger partial charge in [0.25, 0.3) is 0 Å². The predicted molar refractivity (Wildman–Crippen MR) is 120 cm³/mol. The van der Waals surface area contributed by atoms with Gasteiger partial charge >= 0.3 is 5.97 Å². The Kier molecular flexibility index (Phi) is 5.14. The Hall–Kier alpha value is -3.65. The third kappa shape index (κ3) is 3.62. The van der Waals surface area contributed by atoms with Gasteiger partial charge in [-0.2, -0.15) is 0 Å². The zero-order valence-electron chi connectivity index (χ0n) is 18.0. The van der Waals surface area contributed by atoms with Crippen molar-refractivity contribution in [2.45, 2.75) is 32.7 Å². The van der Waals surface area contributed by atoms with E-state index in [2.05, 4.69) is 16.5 Å². The highest BCUT2D eigenvalue weighted by molar-refractivity contribution is 5.89. The number of fused-ring (bicyclic) bond motifs is 1. The van der Waals surface area contributed by atoms with Crippen molar-refractivity contribution in [1.82, 2.24) is 14.7 Å². The SMILES string of the molecule is Cc1noc(C)c1-c1ccc2nc(NC3CCOCC3)n(-c3ccc(C(=O)O)cc3)c2c1. The molecule has 2 N–H and O–H groups in total. The van der Waals surface area contributed by atoms with Gasteiger partial charge in [-0.3, -0.25) is 4.57 Å². The molecule has 8 heteroatoms. The normalized spacial score (nSPS) is 14.7. The third-order valence-corrected chi connectivity index (χ3v) is 5.90. The van der Waals surface area contributed by atoms with Gasteiger partial charge in [-0.15, -0.1) is 0 Å². The summed E-state index contributed by atoms with van der Waals surface area (Å²) in [6, 6.07) is 13.2. The molecule has 2 aromatic heterocycles. The highest BCUT2D eigenvalue weighted by Gasteiger charge is 2.20. The van der Waals surface area contributed by atoms with E-state index in [0.29, 0.717) is 0 Å². The van der Waals surface area contributed by atoms with Crippen LogP contribution in [0.2, 0.25) is 0 Å². The van der Waals surface area contributed by atoms with Gasteiger partial charge in [-0.25, -0.2) is 9.78 Å². The highest BCUT2D eigenvalue weighted by Crippen LogP contribution is 2.33. The lowest BCUT2D eigenvalue weighted by atomic mass is 10.0. The number of hydrogen-bond acceptors (Lipinski definition) is 6. The summed E-state index contributed by atoms with van der Waals surface area (Å²) >= 11 is 0. The molecule has 32 heavy (non-hydrogen) atoms. The average molecular weight is 432 g/mol. The van der Waals surface area contributed by atoms with Crippen LogP contribution in [0, 0.1) is 13.8 Å². The Labute approximate surface area is 184 Å². The number of hydrogen-bond donors (Lipinski definition) is 2. The summed E-state index contributed by atoms with van der Waals surface area (Å²) in [5, 5.41) is 16.9. The molecule has 0 spiro atoms. The molecule has 8 nitrogen and oxygen atoms in total. The lowest BCUT2D eigenvalue weighted by molar-refractivity contribution is 0.0697. The largest absolute Gasteiger partial charge is 0.478 e. The number of anilines is 1. The molecule has 4 aromatic rings. The van der Waals surface area contributed by atoms with Gasteiger partial charge in [0, 0.05) is 30.5 Å². The molecule has 0 radical (unpaired) electrons. The first-order valence-electron chi connectivity index (χ1n) is 10.6. The second-order valence-electron chi connectivity index (χ2n) is 8.06. The minimum atomic E-state index is -0.951. The summed E-state index contributed by atoms with van der Waals surface area (Å²) in [6.45, 7) is 5.28. The number of carboxylic acid groups (broad SMARTS) is 1. The summed E-state index contributed by atoms with van der Waals surface area (Å²) < 4.78 is 12.9. The van der Waals surface area contributed by atoms with Crippen molar-refractivity contribution >= 4 is 23.0 Å². The maximum absolute atomic E-state index is 11.3. The summed E-state index contributed by atoms with van der Waals surface area (Å²) in [5.74, 6) is 0.540. The monoisotopic (exact) mass is 432 g/mol. The zero-order chi connectivity index (χ0) is 22.2. The molecule has 0 aliphatic carbocycles. The Morgan fingerprint density at radius 2 is 1.88 bits per heavy atom. The van der Waals surface area contributed by atoms with Gasteiger partial charge in [0.1, 0.15) is 5.76 Å². The fourth-order valence-electron chi connectivity index (χ4n) is 4.26. The van der Waals surface area contributed by atoms with Crippen molar-refractivity contribution in [1.29, 1.82) is 0 Å². The fourth-order valence-corrected chi connectivity index (χ4v) is 4.26. The van der Waals surface area contributed by atoms with E-state index in [1.165, 1.54) is 0 Å². The van der Waals surface area contributed by atoms with Crippen LogP contribution in [0.1, 0.15) is 34.7 Å². The zero-order valence-corrected chi connectivity index (χ0v) is 18.0. The van der Waals surface area contributed by atoms with E-state index in [1.54, 1.807) is 12.1 Å². The van der Waals surface area contributed by atoms with Crippen molar-refractivity contribution in [2.24, 2.45) is 0 Å². The molecule has 3 heterocycles. The number of carboxylic acids is 1. The van der Waals surface area contributed by atoms with Crippen molar-refractivity contribution < 1.29 is 19.2 Å². The molecule has 0 saturated carbocycles. The van der Waals surface area contributed by atoms with E-state index in [0.717, 1.165) is 71.3 Å². The van der Waals surface area contributed by atoms with Crippen molar-refractivity contribution in [3.05, 3.63) is 59.5 Å². The van der Waals surface area contributed by atoms with E-state index < -0.39 is 5.97 Å². The minimum Gasteiger partial charge on any atom is -0.478 e. The van der Waals surface area contributed by atoms with Crippen LogP contribution in [0.3, 0.4) is 0 Å². The van der Waals surface area contributed by atoms with Gasteiger partial charge in [0.05, 0.1) is 22.3 Å². The maximum Gasteiger partial charge on any atom is 0.335 e. The first-order chi connectivity index (χ1) is 15.5. The highest BCUT2D eigenvalue weighted by atomic mass is 16.5. The van der Waals surface area contributed by atoms with Crippen LogP contribution in [0.4, 0.5) is 5.95 Å². The number of nitrogens with one attached hydrogen (secondary N) is 1. The number of ether oxygens (including phenoxy) is 1. The van der Waals surface area contributed by atoms with Crippen LogP contribution in [0.15, 0.2) is 47.0 Å². The molecule has 0 amide bonds. The summed E-state index contributed by atoms with van der Waals surface area (Å²) in [5.41, 5.74) is 5.64. The number of aryl methyl sites for hydroxylation is 2. The summed E-state index contributed by atoms with van der Waals surface area (Å²) in [6.07, 6.45) is 1.82. The van der Waals surface area contributed by atoms with Crippen LogP contribution in [0.5, 0.6) is 0 Å². The Bertz CT molecular complexity index is 1260. The average Bonchev–Trinajstić information content (AvgIpc) is 3.32. The Morgan fingerprint density at radius 1 is 1.12 bits per heavy atom. The number of nitrogens with zero attached hydrogens (tertiary/aromatic N) is 3. The molecule has 0 bridgehead atoms. The van der Waals surface area contributed by atoms with Crippen LogP contribution in [0.25, 0.3) is 27.8 Å². The number of imidazole rings is 1. The smallest absolute Gasteiger partial charge is 0.335 e. The van der Waals surface area contributed by atoms with Crippen molar-refractivity contribution in [2.75, 3.05) is 18.5 Å². The number of carbonyl (C=O) groups is 1. The molecular weight excluding hydrogens is 408 g/mol. The molecule has 2 aromatic carbocycles. The number of benzene rings is 2. The Morgan fingerprint density at radius 3 is 2.53 bits per heavy atom. The van der Waals surface area contributed by atoms with Gasteiger partial charge < -0.3 is 19.7 Å². The molecule has 0 unspecified atom stereocenters. The molecular formula is C24H24N4O4.